The maximum absolute atomic E-state index is 13.3. The van der Waals surface area contributed by atoms with Crippen LogP contribution in [-0.2, 0) is 21.2 Å². The van der Waals surface area contributed by atoms with Crippen molar-refractivity contribution in [1.82, 2.24) is 9.78 Å². The number of amides is 1. The van der Waals surface area contributed by atoms with Crippen LogP contribution in [0.4, 0.5) is 14.5 Å². The van der Waals surface area contributed by atoms with Crippen molar-refractivity contribution in [3.8, 4) is 5.75 Å². The molecule has 34 heavy (non-hydrogen) atoms. The van der Waals surface area contributed by atoms with Gasteiger partial charge in [0.15, 0.2) is 0 Å². The van der Waals surface area contributed by atoms with Crippen LogP contribution >= 0.6 is 27.5 Å². The van der Waals surface area contributed by atoms with Gasteiger partial charge in [-0.15, -0.1) is 0 Å². The zero-order chi connectivity index (χ0) is 24.6. The number of benzene rings is 2. The van der Waals surface area contributed by atoms with Crippen LogP contribution in [0.15, 0.2) is 56.7 Å². The van der Waals surface area contributed by atoms with Gasteiger partial charge in [-0.25, -0.2) is 17.2 Å². The first-order valence-corrected chi connectivity index (χ1v) is 12.8. The minimum Gasteiger partial charge on any atom is -0.497 e. The van der Waals surface area contributed by atoms with Gasteiger partial charge >= 0.3 is 0 Å². The summed E-state index contributed by atoms with van der Waals surface area (Å²) < 4.78 is 59.4. The summed E-state index contributed by atoms with van der Waals surface area (Å²) in [6.07, 6.45) is -1.12. The molecule has 1 aliphatic rings. The summed E-state index contributed by atoms with van der Waals surface area (Å²) in [5.41, 5.74) is 0.319. The lowest BCUT2D eigenvalue weighted by Gasteiger charge is -2.12. The van der Waals surface area contributed by atoms with Crippen LogP contribution in [0.25, 0.3) is 0 Å². The summed E-state index contributed by atoms with van der Waals surface area (Å²) in [5, 5.41) is 6.92. The van der Waals surface area contributed by atoms with Gasteiger partial charge in [0.1, 0.15) is 18.0 Å². The maximum atomic E-state index is 13.3. The molecule has 2 aromatic carbocycles. The summed E-state index contributed by atoms with van der Waals surface area (Å²) >= 11 is 9.04. The van der Waals surface area contributed by atoms with Gasteiger partial charge in [0, 0.05) is 22.7 Å². The lowest BCUT2D eigenvalue weighted by Crippen LogP contribution is -2.21. The Morgan fingerprint density at radius 3 is 2.50 bits per heavy atom. The molecule has 1 aliphatic carbocycles. The molecule has 0 radical (unpaired) electrons. The molecule has 0 spiro atoms. The number of carbonyl (C=O) groups excluding carboxylic acids is 1. The molecule has 0 bridgehead atoms. The Morgan fingerprint density at radius 2 is 1.91 bits per heavy atom. The first-order valence-electron chi connectivity index (χ1n) is 10.1. The smallest absolute Gasteiger partial charge is 0.283 e. The number of hydrogen-bond acceptors (Lipinski definition) is 5. The first kappa shape index (κ1) is 24.6. The highest BCUT2D eigenvalue weighted by Crippen LogP contribution is 2.45. The van der Waals surface area contributed by atoms with Crippen LogP contribution in [0, 0.1) is 0 Å². The highest BCUT2D eigenvalue weighted by Gasteiger charge is 2.34. The summed E-state index contributed by atoms with van der Waals surface area (Å²) in [5.74, 6) is -0.276. The van der Waals surface area contributed by atoms with Crippen molar-refractivity contribution in [1.29, 1.82) is 0 Å². The monoisotopic (exact) mass is 573 g/mol. The number of rotatable bonds is 8. The molecule has 0 atom stereocenters. The number of anilines is 1. The van der Waals surface area contributed by atoms with Gasteiger partial charge in [0.2, 0.25) is 15.7 Å². The minimum absolute atomic E-state index is 0.0254. The van der Waals surface area contributed by atoms with Crippen LogP contribution in [0.1, 0.15) is 36.6 Å². The van der Waals surface area contributed by atoms with Gasteiger partial charge < -0.3 is 10.1 Å². The van der Waals surface area contributed by atoms with Crippen LogP contribution in [0.5, 0.6) is 5.75 Å². The Bertz CT molecular complexity index is 1340. The number of methoxy groups -OCH3 is 1. The van der Waals surface area contributed by atoms with Crippen LogP contribution < -0.4 is 10.1 Å². The molecular formula is C22H19BrClF2N3O4S. The standard InChI is InChI=1S/C22H19BrClF2N3O4S/c1-33-15-8-14(9-17(10-15)34(31,32)16-6-4-13(24)5-7-16)27-18(30)11-29-21(12-2-3-12)19(23)20(28-29)22(25)26/h4-10,12,22H,2-3,11H2,1H3,(H,27,30). The number of nitrogens with zero attached hydrogens (tertiary/aromatic N) is 2. The lowest BCUT2D eigenvalue weighted by atomic mass is 10.2. The Morgan fingerprint density at radius 1 is 1.24 bits per heavy atom. The molecule has 1 aromatic heterocycles. The number of sulfone groups is 1. The van der Waals surface area contributed by atoms with E-state index in [2.05, 4.69) is 26.3 Å². The molecule has 0 unspecified atom stereocenters. The molecule has 3 aromatic rings. The zero-order valence-corrected chi connectivity index (χ0v) is 20.9. The van der Waals surface area contributed by atoms with Crippen molar-refractivity contribution < 1.29 is 26.7 Å². The van der Waals surface area contributed by atoms with Crippen LogP contribution in [0.3, 0.4) is 0 Å². The van der Waals surface area contributed by atoms with Crippen molar-refractivity contribution in [3.05, 3.63) is 63.3 Å². The van der Waals surface area contributed by atoms with Crippen molar-refractivity contribution in [3.63, 3.8) is 0 Å². The van der Waals surface area contributed by atoms with Crippen LogP contribution in [-0.4, -0.2) is 31.2 Å². The van der Waals surface area contributed by atoms with Gasteiger partial charge in [-0.05, 0) is 65.2 Å². The highest BCUT2D eigenvalue weighted by atomic mass is 79.9. The predicted molar refractivity (Wildman–Crippen MR) is 125 cm³/mol. The van der Waals surface area contributed by atoms with Gasteiger partial charge in [-0.1, -0.05) is 11.6 Å². The maximum Gasteiger partial charge on any atom is 0.283 e. The van der Waals surface area contributed by atoms with E-state index < -0.39 is 27.9 Å². The largest absolute Gasteiger partial charge is 0.497 e. The number of alkyl halides is 2. The van der Waals surface area contributed by atoms with E-state index in [0.717, 1.165) is 12.8 Å². The molecule has 0 aliphatic heterocycles. The quantitative estimate of drug-likeness (QED) is 0.379. The molecule has 1 amide bonds. The number of aromatic nitrogens is 2. The summed E-state index contributed by atoms with van der Waals surface area (Å²) in [7, 11) is -2.55. The Balaban J connectivity index is 1.61. The second kappa shape index (κ2) is 9.63. The summed E-state index contributed by atoms with van der Waals surface area (Å²) in [6, 6.07) is 9.79. The molecule has 0 saturated heterocycles. The molecule has 4 rings (SSSR count). The first-order chi connectivity index (χ1) is 16.1. The number of ether oxygens (including phenoxy) is 1. The third-order valence-electron chi connectivity index (χ3n) is 5.25. The zero-order valence-electron chi connectivity index (χ0n) is 17.8. The number of hydrogen-bond donors (Lipinski definition) is 1. The van der Waals surface area contributed by atoms with E-state index in [1.165, 1.54) is 54.3 Å². The van der Waals surface area contributed by atoms with Crippen molar-refractivity contribution in [2.75, 3.05) is 12.4 Å². The van der Waals surface area contributed by atoms with Crippen molar-refractivity contribution >= 4 is 49.0 Å². The van der Waals surface area contributed by atoms with Gasteiger partial charge in [0.05, 0.1) is 27.1 Å². The minimum atomic E-state index is -3.92. The van der Waals surface area contributed by atoms with E-state index in [1.807, 2.05) is 0 Å². The molecular weight excluding hydrogens is 556 g/mol. The molecule has 1 fully saturated rings. The second-order valence-electron chi connectivity index (χ2n) is 7.72. The SMILES string of the molecule is COc1cc(NC(=O)Cn2nc(C(F)F)c(Br)c2C2CC2)cc(S(=O)(=O)c2ccc(Cl)cc2)c1. The fraction of sp³-hybridized carbons (Fsp3) is 0.273. The van der Waals surface area contributed by atoms with Gasteiger partial charge in [-0.3, -0.25) is 9.48 Å². The van der Waals surface area contributed by atoms with E-state index in [1.54, 1.807) is 0 Å². The predicted octanol–water partition coefficient (Wildman–Crippen LogP) is 5.59. The van der Waals surface area contributed by atoms with Gasteiger partial charge in [0.25, 0.3) is 6.43 Å². The second-order valence-corrected chi connectivity index (χ2v) is 10.9. The Labute approximate surface area is 208 Å². The molecule has 1 heterocycles. The van der Waals surface area contributed by atoms with E-state index in [9.17, 15) is 22.0 Å². The lowest BCUT2D eigenvalue weighted by molar-refractivity contribution is -0.117. The molecule has 7 nitrogen and oxygen atoms in total. The van der Waals surface area contributed by atoms with Crippen LogP contribution in [0.2, 0.25) is 5.02 Å². The van der Waals surface area contributed by atoms with E-state index >= 15 is 0 Å². The molecule has 1 saturated carbocycles. The van der Waals surface area contributed by atoms with Crippen molar-refractivity contribution in [2.24, 2.45) is 0 Å². The molecule has 180 valence electrons. The topological polar surface area (TPSA) is 90.3 Å². The van der Waals surface area contributed by atoms with E-state index in [-0.39, 0.29) is 38.2 Å². The van der Waals surface area contributed by atoms with E-state index in [0.29, 0.717) is 10.7 Å². The molecule has 1 N–H and O–H groups in total. The third kappa shape index (κ3) is 5.11. The normalized spacial score (nSPS) is 13.8. The Kier molecular flexibility index (Phi) is 6.97. The summed E-state index contributed by atoms with van der Waals surface area (Å²) in [6.45, 7) is -0.312. The fourth-order valence-electron chi connectivity index (χ4n) is 3.48. The number of nitrogens with one attached hydrogen (secondary N) is 1. The number of carbonyl (C=O) groups is 1. The Hall–Kier alpha value is -2.50. The third-order valence-corrected chi connectivity index (χ3v) is 8.07. The average molecular weight is 575 g/mol. The average Bonchev–Trinajstić information content (AvgIpc) is 3.56. The molecule has 12 heteroatoms. The number of halogens is 4. The van der Waals surface area contributed by atoms with E-state index in [4.69, 9.17) is 16.3 Å². The fourth-order valence-corrected chi connectivity index (χ4v) is 5.71. The highest BCUT2D eigenvalue weighted by molar-refractivity contribution is 9.10. The van der Waals surface area contributed by atoms with Gasteiger partial charge in [-0.2, -0.15) is 5.10 Å². The van der Waals surface area contributed by atoms with Crippen molar-refractivity contribution in [2.45, 2.75) is 41.5 Å². The summed E-state index contributed by atoms with van der Waals surface area (Å²) in [4.78, 5) is 12.7.